The molecule has 0 saturated heterocycles. The number of aryl methyl sites for hydroxylation is 2. The maximum absolute atomic E-state index is 13.4. The van der Waals surface area contributed by atoms with Gasteiger partial charge in [0, 0.05) is 18.2 Å². The molecule has 0 radical (unpaired) electrons. The molecule has 0 unspecified atom stereocenters. The summed E-state index contributed by atoms with van der Waals surface area (Å²) >= 11 is 0. The SMILES string of the molecule is Cc1ccc(S(=O)(=O)n2cc(CCCCOCc3ccccc3)c3cc(C#N)ccc32)cc1. The van der Waals surface area contributed by atoms with E-state index < -0.39 is 10.0 Å². The van der Waals surface area contributed by atoms with Crippen molar-refractivity contribution in [3.8, 4) is 6.07 Å². The van der Waals surface area contributed by atoms with Gasteiger partial charge in [-0.1, -0.05) is 48.0 Å². The standard InChI is InChI=1S/C27H26N2O3S/c1-21-10-13-25(14-11-21)33(30,31)29-19-24(26-17-23(18-28)12-15-27(26)29)9-5-6-16-32-20-22-7-3-2-4-8-22/h2-4,7-8,10-15,17,19H,5-6,9,16,20H2,1H3. The Bertz CT molecular complexity index is 1380. The van der Waals surface area contributed by atoms with E-state index in [-0.39, 0.29) is 4.90 Å². The minimum atomic E-state index is -3.74. The Labute approximate surface area is 194 Å². The van der Waals surface area contributed by atoms with Crippen LogP contribution in [0.3, 0.4) is 0 Å². The average Bonchev–Trinajstić information content (AvgIpc) is 3.21. The summed E-state index contributed by atoms with van der Waals surface area (Å²) in [6.07, 6.45) is 4.12. The molecule has 0 fully saturated rings. The molecule has 5 nitrogen and oxygen atoms in total. The average molecular weight is 459 g/mol. The molecule has 0 aliphatic rings. The monoisotopic (exact) mass is 458 g/mol. The predicted molar refractivity (Wildman–Crippen MR) is 129 cm³/mol. The lowest BCUT2D eigenvalue weighted by atomic mass is 10.1. The first-order chi connectivity index (χ1) is 16.0. The number of aromatic nitrogens is 1. The van der Waals surface area contributed by atoms with Gasteiger partial charge in [-0.15, -0.1) is 0 Å². The molecule has 0 spiro atoms. The fraction of sp³-hybridized carbons (Fsp3) is 0.222. The van der Waals surface area contributed by atoms with Crippen LogP contribution in [0.1, 0.15) is 35.1 Å². The number of ether oxygens (including phenoxy) is 1. The van der Waals surface area contributed by atoms with E-state index in [1.807, 2.05) is 37.3 Å². The molecule has 0 saturated carbocycles. The first kappa shape index (κ1) is 22.8. The third kappa shape index (κ3) is 5.16. The van der Waals surface area contributed by atoms with Crippen LogP contribution in [0.5, 0.6) is 0 Å². The van der Waals surface area contributed by atoms with Gasteiger partial charge in [0.15, 0.2) is 0 Å². The molecule has 168 valence electrons. The van der Waals surface area contributed by atoms with E-state index in [4.69, 9.17) is 4.74 Å². The lowest BCUT2D eigenvalue weighted by Crippen LogP contribution is -2.11. The van der Waals surface area contributed by atoms with Crippen molar-refractivity contribution in [1.82, 2.24) is 3.97 Å². The number of unbranched alkanes of at least 4 members (excludes halogenated alkanes) is 1. The Hall–Kier alpha value is -3.40. The fourth-order valence-corrected chi connectivity index (χ4v) is 5.23. The van der Waals surface area contributed by atoms with Gasteiger partial charge in [-0.3, -0.25) is 0 Å². The Morgan fingerprint density at radius 2 is 1.73 bits per heavy atom. The Morgan fingerprint density at radius 3 is 2.45 bits per heavy atom. The highest BCUT2D eigenvalue weighted by Gasteiger charge is 2.21. The smallest absolute Gasteiger partial charge is 0.268 e. The van der Waals surface area contributed by atoms with E-state index in [2.05, 4.69) is 6.07 Å². The van der Waals surface area contributed by atoms with Gasteiger partial charge in [-0.2, -0.15) is 5.26 Å². The van der Waals surface area contributed by atoms with Crippen LogP contribution in [0, 0.1) is 18.3 Å². The van der Waals surface area contributed by atoms with E-state index in [0.29, 0.717) is 30.7 Å². The molecule has 1 heterocycles. The van der Waals surface area contributed by atoms with Crippen molar-refractivity contribution in [3.05, 3.63) is 101 Å². The number of rotatable bonds is 9. The first-order valence-corrected chi connectivity index (χ1v) is 12.4. The highest BCUT2D eigenvalue weighted by Crippen LogP contribution is 2.28. The van der Waals surface area contributed by atoms with Gasteiger partial charge in [0.2, 0.25) is 0 Å². The van der Waals surface area contributed by atoms with Crippen LogP contribution >= 0.6 is 0 Å². The Balaban J connectivity index is 1.51. The summed E-state index contributed by atoms with van der Waals surface area (Å²) < 4.78 is 33.8. The van der Waals surface area contributed by atoms with Crippen molar-refractivity contribution in [2.75, 3.05) is 6.61 Å². The molecule has 3 aromatic carbocycles. The van der Waals surface area contributed by atoms with Crippen molar-refractivity contribution in [2.45, 2.75) is 37.7 Å². The highest BCUT2D eigenvalue weighted by molar-refractivity contribution is 7.90. The molecule has 6 heteroatoms. The quantitative estimate of drug-likeness (QED) is 0.306. The molecular formula is C27H26N2O3S. The Morgan fingerprint density at radius 1 is 0.970 bits per heavy atom. The van der Waals surface area contributed by atoms with E-state index in [0.717, 1.165) is 34.9 Å². The summed E-state index contributed by atoms with van der Waals surface area (Å²) in [6.45, 7) is 3.14. The molecule has 1 aromatic heterocycles. The number of hydrogen-bond acceptors (Lipinski definition) is 4. The van der Waals surface area contributed by atoms with E-state index in [1.165, 1.54) is 3.97 Å². The zero-order valence-corrected chi connectivity index (χ0v) is 19.4. The summed E-state index contributed by atoms with van der Waals surface area (Å²) in [4.78, 5) is 0.246. The van der Waals surface area contributed by atoms with Gasteiger partial charge in [0.25, 0.3) is 10.0 Å². The summed E-state index contributed by atoms with van der Waals surface area (Å²) in [5.41, 5.74) is 4.16. The van der Waals surface area contributed by atoms with Crippen molar-refractivity contribution >= 4 is 20.9 Å². The maximum atomic E-state index is 13.4. The maximum Gasteiger partial charge on any atom is 0.268 e. The van der Waals surface area contributed by atoms with Gasteiger partial charge in [0.1, 0.15) is 0 Å². The molecule has 33 heavy (non-hydrogen) atoms. The summed E-state index contributed by atoms with van der Waals surface area (Å²) in [5.74, 6) is 0. The molecule has 0 bridgehead atoms. The fourth-order valence-electron chi connectivity index (χ4n) is 3.84. The largest absolute Gasteiger partial charge is 0.377 e. The number of nitriles is 1. The van der Waals surface area contributed by atoms with Gasteiger partial charge in [-0.25, -0.2) is 12.4 Å². The normalized spacial score (nSPS) is 11.5. The molecule has 0 N–H and O–H groups in total. The number of fused-ring (bicyclic) bond motifs is 1. The van der Waals surface area contributed by atoms with Crippen LogP contribution < -0.4 is 0 Å². The van der Waals surface area contributed by atoms with Crippen molar-refractivity contribution in [2.24, 2.45) is 0 Å². The number of nitrogens with zero attached hydrogens (tertiary/aromatic N) is 2. The van der Waals surface area contributed by atoms with Crippen LogP contribution in [0.15, 0.2) is 83.9 Å². The van der Waals surface area contributed by atoms with Crippen LogP contribution in [0.2, 0.25) is 0 Å². The van der Waals surface area contributed by atoms with Crippen LogP contribution in [-0.2, 0) is 27.8 Å². The second-order valence-electron chi connectivity index (χ2n) is 8.11. The highest BCUT2D eigenvalue weighted by atomic mass is 32.2. The minimum Gasteiger partial charge on any atom is -0.377 e. The third-order valence-corrected chi connectivity index (χ3v) is 7.34. The van der Waals surface area contributed by atoms with Gasteiger partial charge in [0.05, 0.1) is 28.7 Å². The van der Waals surface area contributed by atoms with E-state index in [1.54, 1.807) is 48.7 Å². The summed E-state index contributed by atoms with van der Waals surface area (Å²) in [6, 6.07) is 24.2. The van der Waals surface area contributed by atoms with Crippen molar-refractivity contribution in [1.29, 1.82) is 5.26 Å². The molecule has 0 atom stereocenters. The molecule has 0 amide bonds. The van der Waals surface area contributed by atoms with E-state index in [9.17, 15) is 13.7 Å². The molecule has 4 aromatic rings. The predicted octanol–water partition coefficient (Wildman–Crippen LogP) is 5.60. The molecule has 0 aliphatic carbocycles. The number of hydrogen-bond donors (Lipinski definition) is 0. The summed E-state index contributed by atoms with van der Waals surface area (Å²) in [5, 5.41) is 10.1. The van der Waals surface area contributed by atoms with Gasteiger partial charge < -0.3 is 4.74 Å². The van der Waals surface area contributed by atoms with Gasteiger partial charge in [-0.05, 0) is 67.6 Å². The zero-order valence-electron chi connectivity index (χ0n) is 18.6. The zero-order chi connectivity index (χ0) is 23.3. The van der Waals surface area contributed by atoms with Crippen LogP contribution in [-0.4, -0.2) is 19.0 Å². The third-order valence-electron chi connectivity index (χ3n) is 5.66. The lowest BCUT2D eigenvalue weighted by molar-refractivity contribution is 0.117. The Kier molecular flexibility index (Phi) is 6.93. The van der Waals surface area contributed by atoms with Crippen molar-refractivity contribution < 1.29 is 13.2 Å². The van der Waals surface area contributed by atoms with Crippen molar-refractivity contribution in [3.63, 3.8) is 0 Å². The lowest BCUT2D eigenvalue weighted by Gasteiger charge is -2.08. The summed E-state index contributed by atoms with van der Waals surface area (Å²) in [7, 11) is -3.74. The molecule has 0 aliphatic heterocycles. The molecular weight excluding hydrogens is 432 g/mol. The second kappa shape index (κ2) is 10.0. The first-order valence-electron chi connectivity index (χ1n) is 11.0. The van der Waals surface area contributed by atoms with Crippen LogP contribution in [0.25, 0.3) is 10.9 Å². The van der Waals surface area contributed by atoms with E-state index >= 15 is 0 Å². The minimum absolute atomic E-state index is 0.246. The number of benzene rings is 3. The van der Waals surface area contributed by atoms with Crippen LogP contribution in [0.4, 0.5) is 0 Å². The second-order valence-corrected chi connectivity index (χ2v) is 9.92. The topological polar surface area (TPSA) is 72.1 Å². The van der Waals surface area contributed by atoms with Gasteiger partial charge >= 0.3 is 0 Å². The molecule has 4 rings (SSSR count).